The van der Waals surface area contributed by atoms with Gasteiger partial charge in [0, 0.05) is 6.04 Å². The molecule has 86 valence electrons. The van der Waals surface area contributed by atoms with Crippen molar-refractivity contribution in [2.45, 2.75) is 31.8 Å². The van der Waals surface area contributed by atoms with E-state index < -0.39 is 12.0 Å². The van der Waals surface area contributed by atoms with Crippen LogP contribution in [0.25, 0.3) is 0 Å². The van der Waals surface area contributed by atoms with Crippen LogP contribution in [-0.4, -0.2) is 17.1 Å². The molecule has 1 fully saturated rings. The summed E-state index contributed by atoms with van der Waals surface area (Å²) in [5, 5.41) is 12.1. The van der Waals surface area contributed by atoms with Crippen LogP contribution < -0.4 is 5.32 Å². The molecule has 2 rings (SSSR count). The Bertz CT molecular complexity index is 415. The third-order valence-corrected chi connectivity index (χ3v) is 2.76. The number of halogens is 1. The van der Waals surface area contributed by atoms with E-state index in [1.165, 1.54) is 6.07 Å². The van der Waals surface area contributed by atoms with E-state index in [2.05, 4.69) is 5.32 Å². The van der Waals surface area contributed by atoms with Crippen molar-refractivity contribution in [2.24, 2.45) is 0 Å². The van der Waals surface area contributed by atoms with E-state index in [4.69, 9.17) is 5.11 Å². The summed E-state index contributed by atoms with van der Waals surface area (Å²) in [6, 6.07) is 4.03. The van der Waals surface area contributed by atoms with Gasteiger partial charge in [0.1, 0.15) is 11.9 Å². The summed E-state index contributed by atoms with van der Waals surface area (Å²) in [5.41, 5.74) is 1.00. The molecule has 0 spiro atoms. The van der Waals surface area contributed by atoms with Gasteiger partial charge in [-0.05, 0) is 37.0 Å². The van der Waals surface area contributed by atoms with Crippen molar-refractivity contribution < 1.29 is 14.3 Å². The SMILES string of the molecule is Cc1ccc(C(NC2CC2)C(=O)O)cc1F. The molecule has 0 amide bonds. The molecule has 0 radical (unpaired) electrons. The standard InChI is InChI=1S/C12H14FNO2/c1-7-2-3-8(6-10(7)13)11(12(15)16)14-9-4-5-9/h2-3,6,9,11,14H,4-5H2,1H3,(H,15,16). The van der Waals surface area contributed by atoms with Crippen LogP contribution in [0.3, 0.4) is 0 Å². The molecule has 16 heavy (non-hydrogen) atoms. The number of nitrogens with one attached hydrogen (secondary N) is 1. The van der Waals surface area contributed by atoms with Crippen molar-refractivity contribution in [3.63, 3.8) is 0 Å². The van der Waals surface area contributed by atoms with E-state index in [1.807, 2.05) is 0 Å². The Morgan fingerprint density at radius 1 is 1.56 bits per heavy atom. The monoisotopic (exact) mass is 223 g/mol. The summed E-state index contributed by atoms with van der Waals surface area (Å²) in [5.74, 6) is -1.32. The number of hydrogen-bond acceptors (Lipinski definition) is 2. The maximum atomic E-state index is 13.3. The molecule has 1 aromatic rings. The predicted octanol–water partition coefficient (Wildman–Crippen LogP) is 2.01. The maximum absolute atomic E-state index is 13.3. The zero-order valence-electron chi connectivity index (χ0n) is 9.03. The fraction of sp³-hybridized carbons (Fsp3) is 0.417. The van der Waals surface area contributed by atoms with E-state index in [-0.39, 0.29) is 11.9 Å². The molecule has 1 unspecified atom stereocenters. The van der Waals surface area contributed by atoms with Crippen molar-refractivity contribution >= 4 is 5.97 Å². The largest absolute Gasteiger partial charge is 0.480 e. The van der Waals surface area contributed by atoms with Crippen molar-refractivity contribution in [2.75, 3.05) is 0 Å². The van der Waals surface area contributed by atoms with Gasteiger partial charge in [-0.3, -0.25) is 10.1 Å². The number of carbonyl (C=O) groups is 1. The van der Waals surface area contributed by atoms with Crippen LogP contribution in [0, 0.1) is 12.7 Å². The van der Waals surface area contributed by atoms with Crippen molar-refractivity contribution in [3.8, 4) is 0 Å². The van der Waals surface area contributed by atoms with Gasteiger partial charge in [-0.15, -0.1) is 0 Å². The molecule has 0 heterocycles. The number of hydrogen-bond donors (Lipinski definition) is 2. The first kappa shape index (κ1) is 11.1. The number of aryl methyl sites for hydroxylation is 1. The third kappa shape index (κ3) is 2.39. The van der Waals surface area contributed by atoms with Crippen LogP contribution in [0.1, 0.15) is 30.0 Å². The second-order valence-electron chi connectivity index (χ2n) is 4.22. The number of carboxylic acid groups (broad SMARTS) is 1. The van der Waals surface area contributed by atoms with Crippen LogP contribution >= 0.6 is 0 Å². The summed E-state index contributed by atoms with van der Waals surface area (Å²) in [7, 11) is 0. The lowest BCUT2D eigenvalue weighted by Crippen LogP contribution is -2.30. The molecule has 1 aliphatic carbocycles. The van der Waals surface area contributed by atoms with Gasteiger partial charge in [0.25, 0.3) is 0 Å². The lowest BCUT2D eigenvalue weighted by Gasteiger charge is -2.14. The maximum Gasteiger partial charge on any atom is 0.325 e. The Hall–Kier alpha value is -1.42. The van der Waals surface area contributed by atoms with E-state index in [0.717, 1.165) is 12.8 Å². The molecule has 0 saturated heterocycles. The molecule has 0 aromatic heterocycles. The average Bonchev–Trinajstić information content (AvgIpc) is 3.02. The quantitative estimate of drug-likeness (QED) is 0.821. The highest BCUT2D eigenvalue weighted by Crippen LogP contribution is 2.25. The summed E-state index contributed by atoms with van der Waals surface area (Å²) < 4.78 is 13.3. The van der Waals surface area contributed by atoms with Crippen molar-refractivity contribution in [3.05, 3.63) is 35.1 Å². The van der Waals surface area contributed by atoms with Gasteiger partial charge in [-0.2, -0.15) is 0 Å². The molecular weight excluding hydrogens is 209 g/mol. The first-order valence-corrected chi connectivity index (χ1v) is 5.33. The fourth-order valence-corrected chi connectivity index (χ4v) is 1.58. The number of aliphatic carboxylic acids is 1. The Morgan fingerprint density at radius 2 is 2.25 bits per heavy atom. The van der Waals surface area contributed by atoms with E-state index in [1.54, 1.807) is 19.1 Å². The molecular formula is C12H14FNO2. The fourth-order valence-electron chi connectivity index (χ4n) is 1.58. The minimum absolute atomic E-state index is 0.269. The third-order valence-electron chi connectivity index (χ3n) is 2.76. The van der Waals surface area contributed by atoms with Crippen molar-refractivity contribution in [1.29, 1.82) is 0 Å². The first-order chi connectivity index (χ1) is 7.58. The first-order valence-electron chi connectivity index (χ1n) is 5.33. The highest BCUT2D eigenvalue weighted by atomic mass is 19.1. The van der Waals surface area contributed by atoms with Gasteiger partial charge in [-0.1, -0.05) is 12.1 Å². The predicted molar refractivity (Wildman–Crippen MR) is 57.7 cm³/mol. The Labute approximate surface area is 93.3 Å². The highest BCUT2D eigenvalue weighted by Gasteiger charge is 2.29. The Balaban J connectivity index is 2.22. The lowest BCUT2D eigenvalue weighted by molar-refractivity contribution is -0.139. The topological polar surface area (TPSA) is 49.3 Å². The molecule has 0 bridgehead atoms. The number of benzene rings is 1. The smallest absolute Gasteiger partial charge is 0.325 e. The van der Waals surface area contributed by atoms with E-state index in [0.29, 0.717) is 11.1 Å². The van der Waals surface area contributed by atoms with Crippen LogP contribution in [0.5, 0.6) is 0 Å². The molecule has 3 nitrogen and oxygen atoms in total. The minimum atomic E-state index is -0.963. The van der Waals surface area contributed by atoms with Gasteiger partial charge >= 0.3 is 5.97 Å². The van der Waals surface area contributed by atoms with Gasteiger partial charge in [-0.25, -0.2) is 4.39 Å². The summed E-state index contributed by atoms with van der Waals surface area (Å²) >= 11 is 0. The Kier molecular flexibility index (Phi) is 2.92. The highest BCUT2D eigenvalue weighted by molar-refractivity contribution is 5.75. The second-order valence-corrected chi connectivity index (χ2v) is 4.22. The zero-order chi connectivity index (χ0) is 11.7. The zero-order valence-corrected chi connectivity index (χ0v) is 9.03. The molecule has 1 aliphatic rings. The van der Waals surface area contributed by atoms with Crippen LogP contribution in [0.15, 0.2) is 18.2 Å². The average molecular weight is 223 g/mol. The molecule has 1 aromatic carbocycles. The lowest BCUT2D eigenvalue weighted by atomic mass is 10.0. The van der Waals surface area contributed by atoms with E-state index >= 15 is 0 Å². The summed E-state index contributed by atoms with van der Waals surface area (Å²) in [6.07, 6.45) is 2.00. The normalized spacial score (nSPS) is 17.1. The number of carboxylic acids is 1. The molecule has 4 heteroatoms. The van der Waals surface area contributed by atoms with Crippen molar-refractivity contribution in [1.82, 2.24) is 5.32 Å². The summed E-state index contributed by atoms with van der Waals surface area (Å²) in [4.78, 5) is 11.1. The molecule has 0 aliphatic heterocycles. The van der Waals surface area contributed by atoms with Gasteiger partial charge in [0.15, 0.2) is 0 Å². The van der Waals surface area contributed by atoms with E-state index in [9.17, 15) is 9.18 Å². The molecule has 1 saturated carbocycles. The van der Waals surface area contributed by atoms with Gasteiger partial charge in [0.05, 0.1) is 0 Å². The molecule has 1 atom stereocenters. The Morgan fingerprint density at radius 3 is 2.75 bits per heavy atom. The molecule has 2 N–H and O–H groups in total. The van der Waals surface area contributed by atoms with Gasteiger partial charge < -0.3 is 5.11 Å². The minimum Gasteiger partial charge on any atom is -0.480 e. The van der Waals surface area contributed by atoms with Crippen LogP contribution in [0.2, 0.25) is 0 Å². The van der Waals surface area contributed by atoms with Gasteiger partial charge in [0.2, 0.25) is 0 Å². The second kappa shape index (κ2) is 4.22. The van der Waals surface area contributed by atoms with Crippen LogP contribution in [-0.2, 0) is 4.79 Å². The van der Waals surface area contributed by atoms with Crippen LogP contribution in [0.4, 0.5) is 4.39 Å². The number of rotatable bonds is 4. The summed E-state index contributed by atoms with van der Waals surface area (Å²) in [6.45, 7) is 1.66.